The van der Waals surface area contributed by atoms with Gasteiger partial charge in [0.15, 0.2) is 22.7 Å². The molecular formula is C18H16N8O3. The second-order valence-corrected chi connectivity index (χ2v) is 6.42. The van der Waals surface area contributed by atoms with Crippen LogP contribution < -0.4 is 9.47 Å². The van der Waals surface area contributed by atoms with Gasteiger partial charge < -0.3 is 18.6 Å². The lowest BCUT2D eigenvalue weighted by molar-refractivity contribution is 0.264. The molecule has 0 atom stereocenters. The van der Waals surface area contributed by atoms with Crippen LogP contribution in [0.3, 0.4) is 0 Å². The number of fused-ring (bicyclic) bond motifs is 2. The van der Waals surface area contributed by atoms with Crippen LogP contribution in [0.4, 0.5) is 0 Å². The van der Waals surface area contributed by atoms with Crippen molar-refractivity contribution in [3.05, 3.63) is 42.0 Å². The fraction of sp³-hybridized carbons (Fsp3) is 0.222. The average Bonchev–Trinajstić information content (AvgIpc) is 3.44. The van der Waals surface area contributed by atoms with Crippen LogP contribution in [0.2, 0.25) is 0 Å². The second-order valence-electron chi connectivity index (χ2n) is 6.42. The lowest BCUT2D eigenvalue weighted by Gasteiger charge is -2.10. The molecule has 0 radical (unpaired) electrons. The quantitative estimate of drug-likeness (QED) is 0.442. The van der Waals surface area contributed by atoms with Crippen molar-refractivity contribution in [3.63, 3.8) is 0 Å². The molecule has 0 N–H and O–H groups in total. The zero-order valence-electron chi connectivity index (χ0n) is 15.9. The first-order chi connectivity index (χ1) is 14.1. The van der Waals surface area contributed by atoms with Crippen molar-refractivity contribution >= 4 is 16.8 Å². The van der Waals surface area contributed by atoms with Crippen LogP contribution in [0, 0.1) is 6.92 Å². The van der Waals surface area contributed by atoms with Gasteiger partial charge in [-0.25, -0.2) is 9.97 Å². The van der Waals surface area contributed by atoms with Crippen molar-refractivity contribution in [1.29, 1.82) is 0 Å². The molecule has 5 aromatic heterocycles. The van der Waals surface area contributed by atoms with E-state index >= 15 is 0 Å². The molecule has 0 bridgehead atoms. The van der Waals surface area contributed by atoms with Gasteiger partial charge in [-0.05, 0) is 19.1 Å². The van der Waals surface area contributed by atoms with E-state index in [0.717, 1.165) is 16.9 Å². The summed E-state index contributed by atoms with van der Waals surface area (Å²) >= 11 is 0. The van der Waals surface area contributed by atoms with Gasteiger partial charge in [-0.3, -0.25) is 0 Å². The summed E-state index contributed by atoms with van der Waals surface area (Å²) in [5.41, 5.74) is 3.37. The molecule has 0 aliphatic heterocycles. The maximum atomic E-state index is 5.90. The number of aromatic nitrogens is 8. The van der Waals surface area contributed by atoms with Gasteiger partial charge in [0.2, 0.25) is 5.82 Å². The molecule has 0 amide bonds. The van der Waals surface area contributed by atoms with Gasteiger partial charge in [0.25, 0.3) is 5.88 Å². The number of ether oxygens (including phenoxy) is 2. The molecule has 11 heteroatoms. The Morgan fingerprint density at radius 2 is 2.07 bits per heavy atom. The Kier molecular flexibility index (Phi) is 3.86. The maximum Gasteiger partial charge on any atom is 0.275 e. The molecule has 0 aliphatic carbocycles. The van der Waals surface area contributed by atoms with Crippen LogP contribution in [-0.2, 0) is 13.7 Å². The summed E-state index contributed by atoms with van der Waals surface area (Å²) < 4.78 is 19.8. The van der Waals surface area contributed by atoms with Crippen LogP contribution in [0.25, 0.3) is 28.3 Å². The zero-order chi connectivity index (χ0) is 20.0. The first-order valence-electron chi connectivity index (χ1n) is 8.76. The van der Waals surface area contributed by atoms with Crippen molar-refractivity contribution in [1.82, 2.24) is 39.5 Å². The van der Waals surface area contributed by atoms with Crippen LogP contribution >= 0.6 is 0 Å². The molecule has 29 heavy (non-hydrogen) atoms. The highest BCUT2D eigenvalue weighted by atomic mass is 16.5. The number of pyridine rings is 1. The van der Waals surface area contributed by atoms with Crippen LogP contribution in [-0.4, -0.2) is 46.6 Å². The Bertz CT molecular complexity index is 1340. The van der Waals surface area contributed by atoms with Crippen LogP contribution in [0.1, 0.15) is 11.5 Å². The largest absolute Gasteiger partial charge is 0.491 e. The highest BCUT2D eigenvalue weighted by molar-refractivity contribution is 5.70. The van der Waals surface area contributed by atoms with E-state index in [1.165, 1.54) is 4.52 Å². The Hall–Kier alpha value is -4.02. The highest BCUT2D eigenvalue weighted by Crippen LogP contribution is 2.28. The summed E-state index contributed by atoms with van der Waals surface area (Å²) in [6.45, 7) is 2.01. The molecule has 5 heterocycles. The lowest BCUT2D eigenvalue weighted by atomic mass is 10.3. The Morgan fingerprint density at radius 1 is 1.17 bits per heavy atom. The van der Waals surface area contributed by atoms with Crippen molar-refractivity contribution in [2.24, 2.45) is 7.05 Å². The number of nitrogens with zero attached hydrogens (tertiary/aromatic N) is 8. The van der Waals surface area contributed by atoms with E-state index in [4.69, 9.17) is 14.0 Å². The molecule has 0 unspecified atom stereocenters. The molecule has 0 aromatic carbocycles. The van der Waals surface area contributed by atoms with E-state index in [1.807, 2.05) is 23.7 Å². The normalized spacial score (nSPS) is 11.4. The van der Waals surface area contributed by atoms with E-state index < -0.39 is 0 Å². The third kappa shape index (κ3) is 2.92. The van der Waals surface area contributed by atoms with Gasteiger partial charge in [0.05, 0.1) is 19.1 Å². The summed E-state index contributed by atoms with van der Waals surface area (Å²) in [7, 11) is 3.43. The molecular weight excluding hydrogens is 376 g/mol. The van der Waals surface area contributed by atoms with Crippen molar-refractivity contribution in [2.75, 3.05) is 7.11 Å². The Labute approximate surface area is 163 Å². The molecule has 146 valence electrons. The molecule has 0 spiro atoms. The summed E-state index contributed by atoms with van der Waals surface area (Å²) in [5.74, 6) is 1.83. The average molecular weight is 392 g/mol. The summed E-state index contributed by atoms with van der Waals surface area (Å²) in [6.07, 6.45) is 1.72. The van der Waals surface area contributed by atoms with E-state index in [1.54, 1.807) is 32.5 Å². The molecule has 0 aliphatic rings. The van der Waals surface area contributed by atoms with Gasteiger partial charge >= 0.3 is 0 Å². The minimum absolute atomic E-state index is 0.205. The highest BCUT2D eigenvalue weighted by Gasteiger charge is 2.18. The topological polar surface area (TPSA) is 118 Å². The van der Waals surface area contributed by atoms with Gasteiger partial charge in [0, 0.05) is 19.2 Å². The third-order valence-electron chi connectivity index (χ3n) is 4.38. The third-order valence-corrected chi connectivity index (χ3v) is 4.38. The summed E-state index contributed by atoms with van der Waals surface area (Å²) in [6, 6.07) is 7.22. The van der Waals surface area contributed by atoms with Crippen molar-refractivity contribution in [2.45, 2.75) is 13.5 Å². The lowest BCUT2D eigenvalue weighted by Crippen LogP contribution is -2.05. The number of aryl methyl sites for hydroxylation is 2. The van der Waals surface area contributed by atoms with Gasteiger partial charge in [0.1, 0.15) is 17.9 Å². The van der Waals surface area contributed by atoms with E-state index in [-0.39, 0.29) is 12.5 Å². The van der Waals surface area contributed by atoms with Crippen LogP contribution in [0.5, 0.6) is 11.6 Å². The minimum atomic E-state index is 0.205. The molecule has 11 nitrogen and oxygen atoms in total. The fourth-order valence-electron chi connectivity index (χ4n) is 2.94. The number of imidazole rings is 1. The Balaban J connectivity index is 1.49. The van der Waals surface area contributed by atoms with Crippen molar-refractivity contribution < 1.29 is 14.0 Å². The minimum Gasteiger partial charge on any atom is -0.491 e. The first kappa shape index (κ1) is 17.1. The molecule has 0 saturated carbocycles. The number of methoxy groups -OCH3 is 1. The summed E-state index contributed by atoms with van der Waals surface area (Å²) in [5, 5.41) is 16.7. The molecule has 5 aromatic rings. The predicted molar refractivity (Wildman–Crippen MR) is 100 cm³/mol. The van der Waals surface area contributed by atoms with E-state index in [2.05, 4.69) is 30.4 Å². The molecule has 0 fully saturated rings. The van der Waals surface area contributed by atoms with E-state index in [0.29, 0.717) is 28.7 Å². The number of hydrogen-bond donors (Lipinski definition) is 0. The number of hydrogen-bond acceptors (Lipinski definition) is 9. The van der Waals surface area contributed by atoms with Gasteiger partial charge in [-0.15, -0.1) is 15.3 Å². The SMILES string of the molecule is COc1cc2nnc(-c3cc(C)on3)n2nc1OCc1ccc2ncn(C)c2n1. The van der Waals surface area contributed by atoms with E-state index in [9.17, 15) is 0 Å². The first-order valence-corrected chi connectivity index (χ1v) is 8.76. The molecule has 5 rings (SSSR count). The maximum absolute atomic E-state index is 5.90. The zero-order valence-corrected chi connectivity index (χ0v) is 15.9. The predicted octanol–water partition coefficient (Wildman–Crippen LogP) is 1.96. The molecule has 0 saturated heterocycles. The standard InChI is InChI=1S/C18H16N8O3/c1-10-6-13(24-29-10)17-22-21-15-7-14(27-3)18(23-26(15)17)28-8-11-4-5-12-16(20-11)25(2)9-19-12/h4-7,9H,8H2,1-3H3. The smallest absolute Gasteiger partial charge is 0.275 e. The van der Waals surface area contributed by atoms with Crippen LogP contribution in [0.15, 0.2) is 35.1 Å². The van der Waals surface area contributed by atoms with Crippen molar-refractivity contribution in [3.8, 4) is 23.1 Å². The number of rotatable bonds is 5. The van der Waals surface area contributed by atoms with Gasteiger partial charge in [-0.2, -0.15) is 4.52 Å². The summed E-state index contributed by atoms with van der Waals surface area (Å²) in [4.78, 5) is 8.85. The van der Waals surface area contributed by atoms with Gasteiger partial charge in [-0.1, -0.05) is 5.16 Å². The Morgan fingerprint density at radius 3 is 2.86 bits per heavy atom. The second kappa shape index (κ2) is 6.55. The fourth-order valence-corrected chi connectivity index (χ4v) is 2.94. The monoisotopic (exact) mass is 392 g/mol.